The Kier molecular flexibility index (Phi) is 6.85. The summed E-state index contributed by atoms with van der Waals surface area (Å²) in [5, 5.41) is 0. The van der Waals surface area contributed by atoms with Crippen molar-refractivity contribution < 1.29 is 9.53 Å². The first-order chi connectivity index (χ1) is 15.8. The van der Waals surface area contributed by atoms with Gasteiger partial charge in [0, 0.05) is 29.4 Å². The number of primary amides is 1. The van der Waals surface area contributed by atoms with Crippen LogP contribution in [0.2, 0.25) is 0 Å². The fourth-order valence-corrected chi connectivity index (χ4v) is 5.09. The molecule has 0 bridgehead atoms. The number of carbonyl (C=O) groups excluding carboxylic acids is 1. The zero-order chi connectivity index (χ0) is 23.5. The highest BCUT2D eigenvalue weighted by Crippen LogP contribution is 2.44. The Balaban J connectivity index is 1.59. The molecular weight excluding hydrogens is 454 g/mol. The van der Waals surface area contributed by atoms with Crippen molar-refractivity contribution in [2.45, 2.75) is 37.4 Å². The van der Waals surface area contributed by atoms with Gasteiger partial charge >= 0.3 is 0 Å². The summed E-state index contributed by atoms with van der Waals surface area (Å²) >= 11 is 5.73. The molecule has 2 heterocycles. The van der Waals surface area contributed by atoms with Gasteiger partial charge in [-0.25, -0.2) is 0 Å². The van der Waals surface area contributed by atoms with Crippen LogP contribution >= 0.6 is 24.4 Å². The molecule has 170 valence electrons. The summed E-state index contributed by atoms with van der Waals surface area (Å²) in [6, 6.07) is 19.0. The van der Waals surface area contributed by atoms with Crippen LogP contribution in [-0.4, -0.2) is 15.4 Å². The Morgan fingerprint density at radius 2 is 1.85 bits per heavy atom. The lowest BCUT2D eigenvalue weighted by Gasteiger charge is -2.29. The van der Waals surface area contributed by atoms with Gasteiger partial charge in [-0.1, -0.05) is 54.2 Å². The lowest BCUT2D eigenvalue weighted by atomic mass is 10.1. The number of thiol groups is 1. The van der Waals surface area contributed by atoms with E-state index in [2.05, 4.69) is 18.7 Å². The van der Waals surface area contributed by atoms with Gasteiger partial charge in [-0.3, -0.25) is 14.2 Å². The molecule has 6 nitrogen and oxygen atoms in total. The van der Waals surface area contributed by atoms with E-state index < -0.39 is 11.4 Å². The summed E-state index contributed by atoms with van der Waals surface area (Å²) in [6.45, 7) is 4.75. The molecule has 1 atom stereocenters. The maximum Gasteiger partial charge on any atom is 0.257 e. The van der Waals surface area contributed by atoms with Gasteiger partial charge in [-0.05, 0) is 42.7 Å². The fourth-order valence-electron chi connectivity index (χ4n) is 3.69. The number of benzene rings is 2. The predicted molar refractivity (Wildman–Crippen MR) is 134 cm³/mol. The normalized spacial score (nSPS) is 15.7. The molecule has 2 aromatic carbocycles. The summed E-state index contributed by atoms with van der Waals surface area (Å²) in [5.74, 6) is -0.00259. The monoisotopic (exact) mass is 479 g/mol. The van der Waals surface area contributed by atoms with E-state index in [1.807, 2.05) is 61.2 Å². The number of pyridine rings is 1. The van der Waals surface area contributed by atoms with Crippen molar-refractivity contribution in [3.05, 3.63) is 105 Å². The summed E-state index contributed by atoms with van der Waals surface area (Å²) < 4.78 is 7.39. The van der Waals surface area contributed by atoms with Crippen LogP contribution < -0.4 is 16.0 Å². The molecule has 1 amide bonds. The summed E-state index contributed by atoms with van der Waals surface area (Å²) in [5.41, 5.74) is 8.86. The second kappa shape index (κ2) is 9.80. The third-order valence-electron chi connectivity index (χ3n) is 5.49. The van der Waals surface area contributed by atoms with Crippen molar-refractivity contribution in [1.29, 1.82) is 0 Å². The van der Waals surface area contributed by atoms with Crippen molar-refractivity contribution in [3.8, 4) is 5.75 Å². The zero-order valence-corrected chi connectivity index (χ0v) is 20.1. The number of carbonyl (C=O) groups is 1. The van der Waals surface area contributed by atoms with Crippen LogP contribution in [0.15, 0.2) is 87.2 Å². The number of hydrogen-bond acceptors (Lipinski definition) is 6. The van der Waals surface area contributed by atoms with Crippen molar-refractivity contribution >= 4 is 30.3 Å². The van der Waals surface area contributed by atoms with Gasteiger partial charge in [-0.15, -0.1) is 12.6 Å². The predicted octanol–water partition coefficient (Wildman–Crippen LogP) is 4.45. The Morgan fingerprint density at radius 3 is 2.52 bits per heavy atom. The smallest absolute Gasteiger partial charge is 0.257 e. The van der Waals surface area contributed by atoms with Gasteiger partial charge in [0.25, 0.3) is 11.5 Å². The second-order valence-corrected chi connectivity index (χ2v) is 9.40. The van der Waals surface area contributed by atoms with E-state index in [0.717, 1.165) is 27.3 Å². The standard InChI is InChI=1S/C25H25N3O3S2/c1-16-12-19(8-9-21(16)32)14-28-17(2)23(24(26)30)33-25(28)27-11-10-20(13-22(27)29)31-15-18-6-4-3-5-7-18/h3-13,25,32H,14-15H2,1-2H3,(H2,26,30). The van der Waals surface area contributed by atoms with Crippen LogP contribution in [0.4, 0.5) is 0 Å². The SMILES string of the molecule is CC1=C(C(N)=O)SC(n2ccc(OCc3ccccc3)cc2=O)N1Cc1ccc(S)c(C)c1. The first kappa shape index (κ1) is 23.1. The number of aryl methyl sites for hydroxylation is 1. The van der Waals surface area contributed by atoms with Gasteiger partial charge in [0.1, 0.15) is 12.4 Å². The molecule has 0 saturated carbocycles. The summed E-state index contributed by atoms with van der Waals surface area (Å²) in [6.07, 6.45) is 1.70. The molecule has 8 heteroatoms. The molecule has 0 fully saturated rings. The molecule has 0 radical (unpaired) electrons. The minimum absolute atomic E-state index is 0.219. The average Bonchev–Trinajstić information content (AvgIpc) is 3.12. The van der Waals surface area contributed by atoms with Gasteiger partial charge < -0.3 is 15.4 Å². The minimum Gasteiger partial charge on any atom is -0.489 e. The molecule has 33 heavy (non-hydrogen) atoms. The molecule has 1 aromatic heterocycles. The summed E-state index contributed by atoms with van der Waals surface area (Å²) in [4.78, 5) is 28.5. The number of rotatable bonds is 7. The molecule has 4 rings (SSSR count). The van der Waals surface area contributed by atoms with Crippen LogP contribution in [0.1, 0.15) is 29.1 Å². The van der Waals surface area contributed by atoms with Gasteiger partial charge in [0.15, 0.2) is 5.50 Å². The number of allylic oxidation sites excluding steroid dienone is 1. The topological polar surface area (TPSA) is 77.6 Å². The third-order valence-corrected chi connectivity index (χ3v) is 7.42. The van der Waals surface area contributed by atoms with E-state index in [0.29, 0.717) is 23.8 Å². The van der Waals surface area contributed by atoms with E-state index in [1.165, 1.54) is 17.8 Å². The van der Waals surface area contributed by atoms with E-state index in [9.17, 15) is 9.59 Å². The van der Waals surface area contributed by atoms with Crippen molar-refractivity contribution in [1.82, 2.24) is 9.47 Å². The van der Waals surface area contributed by atoms with Crippen LogP contribution in [0.25, 0.3) is 0 Å². The largest absolute Gasteiger partial charge is 0.489 e. The molecular formula is C25H25N3O3S2. The van der Waals surface area contributed by atoms with Gasteiger partial charge in [0.05, 0.1) is 4.91 Å². The highest BCUT2D eigenvalue weighted by atomic mass is 32.2. The van der Waals surface area contributed by atoms with Crippen molar-refractivity contribution in [2.75, 3.05) is 0 Å². The van der Waals surface area contributed by atoms with Gasteiger partial charge in [0.2, 0.25) is 0 Å². The zero-order valence-electron chi connectivity index (χ0n) is 18.4. The van der Waals surface area contributed by atoms with E-state index in [1.54, 1.807) is 16.8 Å². The van der Waals surface area contributed by atoms with E-state index in [4.69, 9.17) is 10.5 Å². The van der Waals surface area contributed by atoms with E-state index >= 15 is 0 Å². The lowest BCUT2D eigenvalue weighted by molar-refractivity contribution is -0.114. The Bertz CT molecular complexity index is 1270. The lowest BCUT2D eigenvalue weighted by Crippen LogP contribution is -2.32. The minimum atomic E-state index is -0.497. The number of aromatic nitrogens is 1. The molecule has 3 aromatic rings. The molecule has 2 N–H and O–H groups in total. The summed E-state index contributed by atoms with van der Waals surface area (Å²) in [7, 11) is 0. The first-order valence-electron chi connectivity index (χ1n) is 10.4. The van der Waals surface area contributed by atoms with Crippen molar-refractivity contribution in [2.24, 2.45) is 5.73 Å². The molecule has 1 aliphatic rings. The third kappa shape index (κ3) is 5.12. The number of thioether (sulfide) groups is 1. The van der Waals surface area contributed by atoms with Crippen LogP contribution in [0.3, 0.4) is 0 Å². The number of amides is 1. The first-order valence-corrected chi connectivity index (χ1v) is 11.8. The van der Waals surface area contributed by atoms with Crippen LogP contribution in [0, 0.1) is 6.92 Å². The Labute approximate surface area is 202 Å². The van der Waals surface area contributed by atoms with Gasteiger partial charge in [-0.2, -0.15) is 0 Å². The maximum absolute atomic E-state index is 13.0. The number of ether oxygens (including phenoxy) is 1. The number of hydrogen-bond donors (Lipinski definition) is 2. The maximum atomic E-state index is 13.0. The second-order valence-electron chi connectivity index (χ2n) is 7.85. The molecule has 1 unspecified atom stereocenters. The molecule has 0 aliphatic carbocycles. The fraction of sp³-hybridized carbons (Fsp3) is 0.200. The van der Waals surface area contributed by atoms with Crippen molar-refractivity contribution in [3.63, 3.8) is 0 Å². The quantitative estimate of drug-likeness (QED) is 0.490. The van der Waals surface area contributed by atoms with E-state index in [-0.39, 0.29) is 5.56 Å². The Morgan fingerprint density at radius 1 is 1.09 bits per heavy atom. The van der Waals surface area contributed by atoms with Crippen LogP contribution in [0.5, 0.6) is 5.75 Å². The highest BCUT2D eigenvalue weighted by Gasteiger charge is 2.34. The Hall–Kier alpha value is -3.10. The molecule has 0 spiro atoms. The highest BCUT2D eigenvalue weighted by molar-refractivity contribution is 8.04. The number of nitrogens with zero attached hydrogens (tertiary/aromatic N) is 2. The average molecular weight is 480 g/mol. The molecule has 0 saturated heterocycles. The molecule has 1 aliphatic heterocycles. The number of nitrogens with two attached hydrogens (primary N) is 1. The van der Waals surface area contributed by atoms with Crippen LogP contribution in [-0.2, 0) is 17.9 Å².